The van der Waals surface area contributed by atoms with Gasteiger partial charge in [0.05, 0.1) is 98.8 Å². The van der Waals surface area contributed by atoms with Gasteiger partial charge in [-0.1, -0.05) is 0 Å². The quantitative estimate of drug-likeness (QED) is 0.0327. The number of hydrogen-bond acceptors (Lipinski definition) is 16. The molecule has 14 N–H and O–H groups in total. The molecule has 4 atom stereocenters. The van der Waals surface area contributed by atoms with E-state index in [2.05, 4.69) is 0 Å². The number of rotatable bonds is 22. The van der Waals surface area contributed by atoms with Crippen molar-refractivity contribution in [3.63, 3.8) is 0 Å². The minimum absolute atomic E-state index is 0.0841. The number of carbonyl (C=O) groups is 6. The summed E-state index contributed by atoms with van der Waals surface area (Å²) in [5.41, 5.74) is 13.8. The normalized spacial score (nSPS) is 12.6. The van der Waals surface area contributed by atoms with Crippen molar-refractivity contribution in [2.45, 2.75) is 47.9 Å². The first-order chi connectivity index (χ1) is 31.1. The molecule has 22 nitrogen and oxygen atoms in total. The number of benzene rings is 2. The Morgan fingerprint density at radius 3 is 0.806 bits per heavy atom. The molecule has 0 aliphatic heterocycles. The number of nitrogen functional groups attached to an aromatic ring is 2. The number of hydrogen-bond donors (Lipinski definition) is 12. The first-order valence-corrected chi connectivity index (χ1v) is 28.1. The van der Waals surface area contributed by atoms with Crippen LogP contribution in [0.4, 0.5) is 11.4 Å². The number of amides is 4. The average molecular weight is 1690 g/mol. The number of likely N-dealkylation sites (N-methyl/N-ethyl adjacent to an activating group) is 4. The molecule has 380 valence electrons. The fraction of sp³-hybridized carbons (Fsp3) is 0.526. The maximum absolute atomic E-state index is 12.9. The summed E-state index contributed by atoms with van der Waals surface area (Å²) >= 11 is 11.8. The number of nitrogens with zero attached hydrogens (tertiary/aromatic N) is 4. The molecule has 2 rings (SSSR count). The number of carbonyl (C=O) groups excluding carboxylic acids is 4. The molecule has 0 bridgehead atoms. The molecule has 0 heterocycles. The van der Waals surface area contributed by atoms with Gasteiger partial charge in [0.25, 0.3) is 23.6 Å². The van der Waals surface area contributed by atoms with Crippen LogP contribution in [-0.2, 0) is 9.59 Å². The van der Waals surface area contributed by atoms with Crippen molar-refractivity contribution in [1.82, 2.24) is 19.6 Å². The number of aliphatic hydroxyl groups excluding tert-OH is 8. The maximum atomic E-state index is 12.9. The Hall–Kier alpha value is -0.561. The van der Waals surface area contributed by atoms with Gasteiger partial charge in [0.15, 0.2) is 0 Å². The summed E-state index contributed by atoms with van der Waals surface area (Å²) in [5.74, 6) is -3.40. The van der Waals surface area contributed by atoms with Crippen LogP contribution in [0.15, 0.2) is 0 Å². The standard InChI is InChI=1S/2C16H22I3N3O6.C6H10O4Se/c2*1-21(3-7(25)5-23)15(27)9-11(17)10(13(19)14(20)12(9)18)16(28)22(2)4-8(26)6-24;7-5(8)1-3-11-4-2-6(9)10/h2*7-8,23-26H,3-6,20H2,1-2H3;1-4H2,(H,7,8)(H,9,10). The Balaban J connectivity index is 0.00000107. The molecule has 0 aliphatic carbocycles. The molecule has 0 aliphatic rings. The summed E-state index contributed by atoms with van der Waals surface area (Å²) in [4.78, 5) is 76.7. The van der Waals surface area contributed by atoms with Crippen LogP contribution in [-0.4, -0.2) is 226 Å². The van der Waals surface area contributed by atoms with E-state index in [4.69, 9.17) is 42.1 Å². The zero-order chi connectivity index (χ0) is 52.2. The van der Waals surface area contributed by atoms with Crippen LogP contribution in [0, 0.1) is 21.4 Å². The molecule has 2 aromatic carbocycles. The van der Waals surface area contributed by atoms with E-state index < -0.39 is 86.4 Å². The fourth-order valence-electron chi connectivity index (χ4n) is 5.13. The van der Waals surface area contributed by atoms with E-state index in [-0.39, 0.29) is 87.6 Å². The van der Waals surface area contributed by atoms with E-state index in [1.54, 1.807) is 0 Å². The van der Waals surface area contributed by atoms with Gasteiger partial charge in [-0.05, 0) is 136 Å². The number of halogens is 6. The first-order valence-electron chi connectivity index (χ1n) is 19.2. The van der Waals surface area contributed by atoms with Crippen molar-refractivity contribution >= 4 is 197 Å². The molecule has 4 amide bonds. The van der Waals surface area contributed by atoms with Crippen LogP contribution >= 0.6 is 136 Å². The summed E-state index contributed by atoms with van der Waals surface area (Å²) in [6, 6.07) is 0. The van der Waals surface area contributed by atoms with Gasteiger partial charge in [-0.25, -0.2) is 0 Å². The van der Waals surface area contributed by atoms with Gasteiger partial charge in [0.2, 0.25) is 0 Å². The molecule has 0 saturated heterocycles. The van der Waals surface area contributed by atoms with E-state index in [1.165, 1.54) is 47.8 Å². The molecule has 4 unspecified atom stereocenters. The Morgan fingerprint density at radius 2 is 0.642 bits per heavy atom. The number of aliphatic carboxylic acids is 2. The second-order valence-corrected chi connectivity index (χ2v) is 23.2. The predicted octanol–water partition coefficient (Wildman–Crippen LogP) is 0.343. The molecule has 0 aromatic heterocycles. The third-order valence-electron chi connectivity index (χ3n) is 8.65. The number of carboxylic acid groups (broad SMARTS) is 2. The summed E-state index contributed by atoms with van der Waals surface area (Å²) in [6.45, 7) is -2.27. The monoisotopic (exact) mass is 1690 g/mol. The van der Waals surface area contributed by atoms with E-state index in [0.717, 1.165) is 0 Å². The van der Waals surface area contributed by atoms with Crippen molar-refractivity contribution in [3.05, 3.63) is 43.7 Å². The van der Waals surface area contributed by atoms with Crippen molar-refractivity contribution in [3.8, 4) is 0 Å². The van der Waals surface area contributed by atoms with E-state index in [0.29, 0.717) is 32.1 Å². The Morgan fingerprint density at radius 1 is 0.448 bits per heavy atom. The van der Waals surface area contributed by atoms with Crippen molar-refractivity contribution in [2.24, 2.45) is 0 Å². The first kappa shape index (κ1) is 66.4. The molecule has 0 saturated carbocycles. The average Bonchev–Trinajstić information content (AvgIpc) is 3.27. The number of carboxylic acids is 2. The van der Waals surface area contributed by atoms with Crippen molar-refractivity contribution < 1.29 is 79.8 Å². The third-order valence-corrected chi connectivity index (χ3v) is 17.4. The van der Waals surface area contributed by atoms with Crippen molar-refractivity contribution in [2.75, 3.05) is 92.3 Å². The molecule has 29 heteroatoms. The van der Waals surface area contributed by atoms with Crippen LogP contribution < -0.4 is 11.5 Å². The second-order valence-electron chi connectivity index (χ2n) is 14.2. The molecule has 0 radical (unpaired) electrons. The van der Waals surface area contributed by atoms with E-state index in [1.807, 2.05) is 136 Å². The van der Waals surface area contributed by atoms with Crippen LogP contribution in [0.3, 0.4) is 0 Å². The van der Waals surface area contributed by atoms with Crippen LogP contribution in [0.5, 0.6) is 0 Å². The topological polar surface area (TPSA) is 370 Å². The summed E-state index contributed by atoms with van der Waals surface area (Å²) in [5, 5.41) is 92.1. The molecule has 0 fully saturated rings. The SMILES string of the molecule is CN(CC(O)CO)C(=O)c1c(I)c(N)c(I)c(C(=O)N(C)CC(O)CO)c1I.CN(CC(O)CO)C(=O)c1c(I)c(N)c(I)c(C(=O)N(C)CC(O)CO)c1I.O=C(O)CC[Se]CCC(=O)O. The number of anilines is 2. The Bertz CT molecular complexity index is 1790. The van der Waals surface area contributed by atoms with E-state index >= 15 is 0 Å². The van der Waals surface area contributed by atoms with E-state index in [9.17, 15) is 49.2 Å². The zero-order valence-electron chi connectivity index (χ0n) is 36.3. The molecular formula is C38H54I6N6O16Se. The van der Waals surface area contributed by atoms with Gasteiger partial charge in [0, 0.05) is 61.5 Å². The molecule has 2 aromatic rings. The van der Waals surface area contributed by atoms with Gasteiger partial charge < -0.3 is 71.9 Å². The molecular weight excluding hydrogens is 1640 g/mol. The molecule has 0 spiro atoms. The van der Waals surface area contributed by atoms with Gasteiger partial charge in [-0.2, -0.15) is 0 Å². The van der Waals surface area contributed by atoms with Gasteiger partial charge >= 0.3 is 70.2 Å². The summed E-state index contributed by atoms with van der Waals surface area (Å²) < 4.78 is 2.72. The zero-order valence-corrected chi connectivity index (χ0v) is 51.0. The third kappa shape index (κ3) is 21.2. The van der Waals surface area contributed by atoms with Crippen LogP contribution in [0.25, 0.3) is 0 Å². The molecule has 67 heavy (non-hydrogen) atoms. The fourth-order valence-corrected chi connectivity index (χ4v) is 15.1. The minimum atomic E-state index is -1.09. The Labute approximate surface area is 474 Å². The van der Waals surface area contributed by atoms with Crippen molar-refractivity contribution in [1.29, 1.82) is 0 Å². The predicted molar refractivity (Wildman–Crippen MR) is 298 cm³/mol. The summed E-state index contributed by atoms with van der Waals surface area (Å²) in [6.07, 6.45) is -4.01. The number of aliphatic hydroxyl groups is 8. The van der Waals surface area contributed by atoms with Gasteiger partial charge in [0.1, 0.15) is 0 Å². The van der Waals surface area contributed by atoms with Crippen LogP contribution in [0.2, 0.25) is 10.6 Å². The second kappa shape index (κ2) is 33.2. The Kier molecular flexibility index (Phi) is 32.9. The summed E-state index contributed by atoms with van der Waals surface area (Å²) in [7, 11) is 5.92. The van der Waals surface area contributed by atoms with Gasteiger partial charge in [-0.15, -0.1) is 0 Å². The van der Waals surface area contributed by atoms with Gasteiger partial charge in [-0.3, -0.25) is 19.2 Å². The number of nitrogens with two attached hydrogens (primary N) is 2. The van der Waals surface area contributed by atoms with Crippen LogP contribution in [0.1, 0.15) is 54.3 Å².